The first-order valence-corrected chi connectivity index (χ1v) is 19.1. The molecular weight excluding hydrogens is 665 g/mol. The predicted molar refractivity (Wildman–Crippen MR) is 225 cm³/mol. The van der Waals surface area contributed by atoms with Gasteiger partial charge < -0.3 is 4.74 Å². The van der Waals surface area contributed by atoms with E-state index in [1.54, 1.807) is 0 Å². The van der Waals surface area contributed by atoms with Crippen LogP contribution in [0.2, 0.25) is 0 Å². The highest BCUT2D eigenvalue weighted by Crippen LogP contribution is 2.58. The molecule has 1 heterocycles. The molecule has 2 aliphatic rings. The summed E-state index contributed by atoms with van der Waals surface area (Å²) in [6, 6.07) is 80.0. The van der Waals surface area contributed by atoms with Crippen molar-refractivity contribution < 1.29 is 4.74 Å². The fraction of sp³-hybridized carbons (Fsp3) is 0.0370. The monoisotopic (exact) mass is 700 g/mol. The van der Waals surface area contributed by atoms with Crippen LogP contribution in [0.25, 0.3) is 33.0 Å². The van der Waals surface area contributed by atoms with Crippen molar-refractivity contribution in [2.45, 2.75) is 10.8 Å². The summed E-state index contributed by atoms with van der Waals surface area (Å²) in [4.78, 5) is 0. The number of para-hydroxylation sites is 1. The molecule has 0 aromatic heterocycles. The zero-order valence-corrected chi connectivity index (χ0v) is 30.2. The van der Waals surface area contributed by atoms with Crippen molar-refractivity contribution in [1.29, 1.82) is 0 Å². The Morgan fingerprint density at radius 1 is 0.273 bits per heavy atom. The first kappa shape index (κ1) is 31.6. The Hall–Kier alpha value is -6.96. The van der Waals surface area contributed by atoms with Gasteiger partial charge >= 0.3 is 0 Å². The standard InChI is InChI=1S/C54H36O/c1-4-20-41(21-5-1)53(42-22-6-2-7-23-42)48-29-14-15-30-51(48)55-52-32-31-40(36-50(52)53)37-19-16-26-44(33-37)54(43-24-8-3-9-25-43)47-28-13-12-27-45(47)46-34-38-17-10-11-18-39(38)35-49(46)54/h1-36H. The largest absolute Gasteiger partial charge is 0.457 e. The molecule has 0 amide bonds. The van der Waals surface area contributed by atoms with Crippen molar-refractivity contribution in [2.24, 2.45) is 0 Å². The van der Waals surface area contributed by atoms with E-state index in [0.717, 1.165) is 33.8 Å². The van der Waals surface area contributed by atoms with Gasteiger partial charge in [-0.3, -0.25) is 0 Å². The summed E-state index contributed by atoms with van der Waals surface area (Å²) in [7, 11) is 0. The van der Waals surface area contributed by atoms with E-state index >= 15 is 0 Å². The Balaban J connectivity index is 1.17. The van der Waals surface area contributed by atoms with Gasteiger partial charge in [-0.05, 0) is 103 Å². The lowest BCUT2D eigenvalue weighted by Gasteiger charge is -2.41. The molecule has 0 radical (unpaired) electrons. The highest BCUT2D eigenvalue weighted by atomic mass is 16.5. The molecule has 11 rings (SSSR count). The van der Waals surface area contributed by atoms with Crippen LogP contribution in [0.15, 0.2) is 218 Å². The van der Waals surface area contributed by atoms with Crippen LogP contribution >= 0.6 is 0 Å². The van der Waals surface area contributed by atoms with Gasteiger partial charge in [0.2, 0.25) is 0 Å². The number of benzene rings is 9. The van der Waals surface area contributed by atoms with Gasteiger partial charge in [0.1, 0.15) is 11.5 Å². The first-order valence-electron chi connectivity index (χ1n) is 19.1. The van der Waals surface area contributed by atoms with Crippen molar-refractivity contribution in [1.82, 2.24) is 0 Å². The SMILES string of the molecule is c1ccc(C2(c3ccccc3)c3ccccc3Oc3ccc(-c4cccc(C5(c6ccccc6)c6ccccc6-c6cc7ccccc7cc65)c4)cc32)cc1. The second-order valence-corrected chi connectivity index (χ2v) is 14.8. The van der Waals surface area contributed by atoms with Crippen LogP contribution in [0.1, 0.15) is 44.5 Å². The molecule has 1 atom stereocenters. The Bertz CT molecular complexity index is 2850. The molecule has 1 aliphatic carbocycles. The average Bonchev–Trinajstić information content (AvgIpc) is 3.55. The summed E-state index contributed by atoms with van der Waals surface area (Å²) in [5.41, 5.74) is 13.6. The lowest BCUT2D eigenvalue weighted by atomic mass is 9.63. The number of rotatable bonds is 5. The second kappa shape index (κ2) is 12.3. The minimum absolute atomic E-state index is 0.513. The van der Waals surface area contributed by atoms with E-state index in [4.69, 9.17) is 4.74 Å². The maximum Gasteiger partial charge on any atom is 0.132 e. The summed E-state index contributed by atoms with van der Waals surface area (Å²) in [5.74, 6) is 1.76. The molecule has 1 heteroatoms. The van der Waals surface area contributed by atoms with Crippen molar-refractivity contribution in [2.75, 3.05) is 0 Å². The van der Waals surface area contributed by atoms with Gasteiger partial charge in [-0.2, -0.15) is 0 Å². The molecule has 0 N–H and O–H groups in total. The van der Waals surface area contributed by atoms with Crippen molar-refractivity contribution in [3.63, 3.8) is 0 Å². The van der Waals surface area contributed by atoms with Crippen molar-refractivity contribution >= 4 is 10.8 Å². The van der Waals surface area contributed by atoms with Crippen LogP contribution in [0.3, 0.4) is 0 Å². The molecule has 9 aromatic rings. The molecule has 9 aromatic carbocycles. The molecule has 0 fully saturated rings. The fourth-order valence-corrected chi connectivity index (χ4v) is 9.76. The van der Waals surface area contributed by atoms with Gasteiger partial charge in [0.25, 0.3) is 0 Å². The maximum atomic E-state index is 6.76. The van der Waals surface area contributed by atoms with Crippen LogP contribution in [-0.4, -0.2) is 0 Å². The number of ether oxygens (including phenoxy) is 1. The maximum absolute atomic E-state index is 6.76. The third-order valence-corrected chi connectivity index (χ3v) is 12.1. The molecular formula is C54H36O. The summed E-state index contributed by atoms with van der Waals surface area (Å²) < 4.78 is 6.76. The predicted octanol–water partition coefficient (Wildman–Crippen LogP) is 13.4. The van der Waals surface area contributed by atoms with Crippen LogP contribution in [0.5, 0.6) is 11.5 Å². The minimum Gasteiger partial charge on any atom is -0.457 e. The normalized spacial score (nSPS) is 16.0. The quantitative estimate of drug-likeness (QED) is 0.174. The molecule has 1 nitrogen and oxygen atoms in total. The first-order chi connectivity index (χ1) is 27.3. The highest BCUT2D eigenvalue weighted by molar-refractivity contribution is 5.96. The molecule has 55 heavy (non-hydrogen) atoms. The topological polar surface area (TPSA) is 9.23 Å². The molecule has 0 spiro atoms. The van der Waals surface area contributed by atoms with E-state index in [2.05, 4.69) is 218 Å². The Kier molecular flexibility index (Phi) is 7.06. The Labute approximate surface area is 321 Å². The molecule has 0 bridgehead atoms. The van der Waals surface area contributed by atoms with E-state index in [1.807, 2.05) is 0 Å². The van der Waals surface area contributed by atoms with Crippen LogP contribution in [0, 0.1) is 0 Å². The van der Waals surface area contributed by atoms with Gasteiger partial charge in [-0.15, -0.1) is 0 Å². The zero-order valence-electron chi connectivity index (χ0n) is 30.2. The van der Waals surface area contributed by atoms with Gasteiger partial charge in [0.15, 0.2) is 0 Å². The van der Waals surface area contributed by atoms with Crippen LogP contribution in [0.4, 0.5) is 0 Å². The summed E-state index contributed by atoms with van der Waals surface area (Å²) in [6.07, 6.45) is 0. The van der Waals surface area contributed by atoms with Gasteiger partial charge in [0.05, 0.1) is 10.8 Å². The Morgan fingerprint density at radius 2 is 0.782 bits per heavy atom. The summed E-state index contributed by atoms with van der Waals surface area (Å²) in [6.45, 7) is 0. The van der Waals surface area contributed by atoms with Gasteiger partial charge in [-0.25, -0.2) is 0 Å². The van der Waals surface area contributed by atoms with E-state index in [-0.39, 0.29) is 0 Å². The fourth-order valence-electron chi connectivity index (χ4n) is 9.76. The number of hydrogen-bond donors (Lipinski definition) is 0. The van der Waals surface area contributed by atoms with Crippen LogP contribution < -0.4 is 4.74 Å². The molecule has 1 aliphatic heterocycles. The Morgan fingerprint density at radius 3 is 1.47 bits per heavy atom. The number of hydrogen-bond acceptors (Lipinski definition) is 1. The molecule has 0 saturated carbocycles. The van der Waals surface area contributed by atoms with Gasteiger partial charge in [0, 0.05) is 11.1 Å². The zero-order chi connectivity index (χ0) is 36.4. The summed E-state index contributed by atoms with van der Waals surface area (Å²) >= 11 is 0. The van der Waals surface area contributed by atoms with E-state index in [1.165, 1.54) is 55.3 Å². The van der Waals surface area contributed by atoms with E-state index in [9.17, 15) is 0 Å². The van der Waals surface area contributed by atoms with Gasteiger partial charge in [-0.1, -0.05) is 182 Å². The summed E-state index contributed by atoms with van der Waals surface area (Å²) in [5, 5.41) is 2.51. The minimum atomic E-state index is -0.587. The molecule has 0 saturated heterocycles. The van der Waals surface area contributed by atoms with Crippen LogP contribution in [-0.2, 0) is 10.8 Å². The third kappa shape index (κ3) is 4.54. The average molecular weight is 701 g/mol. The van der Waals surface area contributed by atoms with E-state index in [0.29, 0.717) is 0 Å². The lowest BCUT2D eigenvalue weighted by molar-refractivity contribution is 0.434. The van der Waals surface area contributed by atoms with E-state index < -0.39 is 10.8 Å². The third-order valence-electron chi connectivity index (χ3n) is 12.1. The second-order valence-electron chi connectivity index (χ2n) is 14.8. The van der Waals surface area contributed by atoms with Crippen molar-refractivity contribution in [3.05, 3.63) is 263 Å². The lowest BCUT2D eigenvalue weighted by Crippen LogP contribution is -2.34. The highest BCUT2D eigenvalue weighted by Gasteiger charge is 2.47. The number of fused-ring (bicyclic) bond motifs is 6. The smallest absolute Gasteiger partial charge is 0.132 e. The van der Waals surface area contributed by atoms with Crippen molar-refractivity contribution in [3.8, 4) is 33.8 Å². The molecule has 1 unspecified atom stereocenters. The molecule has 258 valence electrons.